The Kier molecular flexibility index (Phi) is 6.70. The van der Waals surface area contributed by atoms with Crippen LogP contribution >= 0.6 is 0 Å². The van der Waals surface area contributed by atoms with Crippen molar-refractivity contribution in [2.24, 2.45) is 0 Å². The Labute approximate surface area is 202 Å². The molecular weight excluding hydrogens is 468 g/mol. The number of benzene rings is 2. The third-order valence-corrected chi connectivity index (χ3v) is 6.69. The van der Waals surface area contributed by atoms with Gasteiger partial charge in [-0.3, -0.25) is 9.78 Å². The first-order chi connectivity index (χ1) is 16.7. The highest BCUT2D eigenvalue weighted by molar-refractivity contribution is 7.90. The molecule has 0 saturated carbocycles. The number of hydrogen-bond acceptors (Lipinski definition) is 7. The van der Waals surface area contributed by atoms with Gasteiger partial charge in [-0.1, -0.05) is 42.5 Å². The number of rotatable bonds is 7. The van der Waals surface area contributed by atoms with Crippen LogP contribution < -0.4 is 5.56 Å². The number of sulfone groups is 1. The van der Waals surface area contributed by atoms with Crippen molar-refractivity contribution in [1.82, 2.24) is 9.55 Å². The number of aromatic hydroxyl groups is 1. The first kappa shape index (κ1) is 24.2. The van der Waals surface area contributed by atoms with E-state index >= 15 is 0 Å². The lowest BCUT2D eigenvalue weighted by atomic mass is 10.1. The number of esters is 1. The third-order valence-electron chi connectivity index (χ3n) is 5.56. The van der Waals surface area contributed by atoms with Crippen LogP contribution in [-0.2, 0) is 27.5 Å². The van der Waals surface area contributed by atoms with Crippen molar-refractivity contribution < 1.29 is 23.1 Å². The van der Waals surface area contributed by atoms with E-state index in [1.165, 1.54) is 16.7 Å². The van der Waals surface area contributed by atoms with Crippen molar-refractivity contribution >= 4 is 26.8 Å². The van der Waals surface area contributed by atoms with E-state index in [1.807, 2.05) is 30.3 Å². The van der Waals surface area contributed by atoms with Crippen LogP contribution in [0.15, 0.2) is 76.6 Å². The van der Waals surface area contributed by atoms with Crippen LogP contribution in [0.25, 0.3) is 11.0 Å². The Morgan fingerprint density at radius 2 is 1.71 bits per heavy atom. The Morgan fingerprint density at radius 1 is 1.03 bits per heavy atom. The summed E-state index contributed by atoms with van der Waals surface area (Å²) in [7, 11) is -3.37. The van der Waals surface area contributed by atoms with Gasteiger partial charge in [-0.2, -0.15) is 0 Å². The predicted molar refractivity (Wildman–Crippen MR) is 132 cm³/mol. The van der Waals surface area contributed by atoms with Gasteiger partial charge in [-0.05, 0) is 48.2 Å². The monoisotopic (exact) mass is 492 g/mol. The van der Waals surface area contributed by atoms with E-state index < -0.39 is 32.7 Å². The molecule has 0 aliphatic heterocycles. The molecule has 0 aliphatic rings. The van der Waals surface area contributed by atoms with Crippen LogP contribution in [0.3, 0.4) is 0 Å². The fourth-order valence-electron chi connectivity index (χ4n) is 3.84. The van der Waals surface area contributed by atoms with Crippen molar-refractivity contribution in [2.75, 3.05) is 12.9 Å². The third kappa shape index (κ3) is 5.09. The van der Waals surface area contributed by atoms with Crippen molar-refractivity contribution in [3.8, 4) is 5.75 Å². The Balaban J connectivity index is 1.87. The zero-order valence-corrected chi connectivity index (χ0v) is 20.1. The second-order valence-electron chi connectivity index (χ2n) is 8.13. The lowest BCUT2D eigenvalue weighted by Crippen LogP contribution is -2.28. The van der Waals surface area contributed by atoms with E-state index in [0.29, 0.717) is 17.5 Å². The summed E-state index contributed by atoms with van der Waals surface area (Å²) in [5.41, 5.74) is 1.72. The topological polar surface area (TPSA) is 116 Å². The Bertz CT molecular complexity index is 1560. The minimum absolute atomic E-state index is 0.0303. The lowest BCUT2D eigenvalue weighted by Gasteiger charge is -2.15. The van der Waals surface area contributed by atoms with Crippen LogP contribution in [0.2, 0.25) is 0 Å². The molecule has 0 unspecified atom stereocenters. The molecule has 0 saturated heterocycles. The van der Waals surface area contributed by atoms with Gasteiger partial charge in [0.05, 0.1) is 23.6 Å². The van der Waals surface area contributed by atoms with E-state index in [1.54, 1.807) is 31.3 Å². The van der Waals surface area contributed by atoms with Crippen LogP contribution in [0.4, 0.5) is 0 Å². The second kappa shape index (κ2) is 9.71. The maximum absolute atomic E-state index is 13.4. The van der Waals surface area contributed by atoms with Gasteiger partial charge in [-0.25, -0.2) is 13.2 Å². The molecule has 4 rings (SSSR count). The maximum atomic E-state index is 13.4. The van der Waals surface area contributed by atoms with E-state index in [0.717, 1.165) is 17.4 Å². The van der Waals surface area contributed by atoms with Gasteiger partial charge in [0, 0.05) is 12.5 Å². The molecule has 2 aromatic heterocycles. The fraction of sp³-hybridized carbons (Fsp3) is 0.192. The van der Waals surface area contributed by atoms with E-state index in [-0.39, 0.29) is 23.6 Å². The molecule has 1 N–H and O–H groups in total. The summed E-state index contributed by atoms with van der Waals surface area (Å²) >= 11 is 0. The smallest absolute Gasteiger partial charge is 0.347 e. The zero-order chi connectivity index (χ0) is 25.2. The zero-order valence-electron chi connectivity index (χ0n) is 19.3. The summed E-state index contributed by atoms with van der Waals surface area (Å²) in [4.78, 5) is 30.4. The summed E-state index contributed by atoms with van der Waals surface area (Å²) in [5.74, 6) is -1.47. The maximum Gasteiger partial charge on any atom is 0.347 e. The summed E-state index contributed by atoms with van der Waals surface area (Å²) in [6.07, 6.45) is 3.27. The van der Waals surface area contributed by atoms with E-state index in [2.05, 4.69) is 4.98 Å². The molecule has 0 fully saturated rings. The Hall–Kier alpha value is -3.98. The first-order valence-electron chi connectivity index (χ1n) is 10.9. The number of carbonyl (C=O) groups is 1. The fourth-order valence-corrected chi connectivity index (χ4v) is 4.47. The van der Waals surface area contributed by atoms with Gasteiger partial charge in [0.1, 0.15) is 5.52 Å². The number of aromatic nitrogens is 2. The van der Waals surface area contributed by atoms with Crippen molar-refractivity contribution in [1.29, 1.82) is 0 Å². The minimum Gasteiger partial charge on any atom is -0.505 e. The quantitative estimate of drug-likeness (QED) is 0.394. The molecule has 35 heavy (non-hydrogen) atoms. The molecule has 0 amide bonds. The number of pyridine rings is 2. The predicted octanol–water partition coefficient (Wildman–Crippen LogP) is 3.32. The summed E-state index contributed by atoms with van der Waals surface area (Å²) in [5, 5.41) is 10.8. The first-order valence-corrected chi connectivity index (χ1v) is 12.8. The molecule has 0 spiro atoms. The number of carbonyl (C=O) groups excluding carboxylic acids is 1. The molecule has 0 aliphatic carbocycles. The molecule has 0 atom stereocenters. The molecule has 4 aromatic rings. The van der Waals surface area contributed by atoms with Gasteiger partial charge in [-0.15, -0.1) is 0 Å². The number of hydrogen-bond donors (Lipinski definition) is 1. The number of fused-ring (bicyclic) bond motifs is 1. The average Bonchev–Trinajstić information content (AvgIpc) is 2.82. The second-order valence-corrected chi connectivity index (χ2v) is 10.1. The largest absolute Gasteiger partial charge is 0.505 e. The summed E-state index contributed by atoms with van der Waals surface area (Å²) in [6, 6.07) is 17.6. The van der Waals surface area contributed by atoms with Crippen molar-refractivity contribution in [2.45, 2.75) is 24.8 Å². The highest BCUT2D eigenvalue weighted by Gasteiger charge is 2.24. The number of nitrogens with zero attached hydrogens (tertiary/aromatic N) is 2. The summed E-state index contributed by atoms with van der Waals surface area (Å²) in [6.45, 7) is 1.67. The van der Waals surface area contributed by atoms with Gasteiger partial charge < -0.3 is 14.4 Å². The molecule has 0 bridgehead atoms. The van der Waals surface area contributed by atoms with Crippen LogP contribution in [0, 0.1) is 0 Å². The minimum atomic E-state index is -3.37. The van der Waals surface area contributed by atoms with Crippen LogP contribution in [0.5, 0.6) is 5.75 Å². The molecule has 2 heterocycles. The van der Waals surface area contributed by atoms with Crippen LogP contribution in [-0.4, -0.2) is 41.9 Å². The van der Waals surface area contributed by atoms with Gasteiger partial charge >= 0.3 is 5.97 Å². The standard InChI is InChI=1S/C26H24N2O6S/c1-3-34-26(31)22-24(29)23-21(14-19(15-27-23)13-17-7-5-4-6-8-17)28(25(22)30)16-18-9-11-20(12-10-18)35(2,32)33/h4-12,14-15,29H,3,13,16H2,1-2H3. The van der Waals surface area contributed by atoms with Crippen LogP contribution in [0.1, 0.15) is 34.0 Å². The molecule has 180 valence electrons. The van der Waals surface area contributed by atoms with Gasteiger partial charge in [0.15, 0.2) is 21.2 Å². The number of ether oxygens (including phenoxy) is 1. The van der Waals surface area contributed by atoms with E-state index in [4.69, 9.17) is 4.74 Å². The van der Waals surface area contributed by atoms with Crippen molar-refractivity contribution in [3.05, 3.63) is 99.5 Å². The molecule has 9 heteroatoms. The molecule has 2 aromatic carbocycles. The normalized spacial score (nSPS) is 11.5. The van der Waals surface area contributed by atoms with E-state index in [9.17, 15) is 23.1 Å². The highest BCUT2D eigenvalue weighted by Crippen LogP contribution is 2.27. The molecular formula is C26H24N2O6S. The summed E-state index contributed by atoms with van der Waals surface area (Å²) < 4.78 is 29.9. The molecule has 0 radical (unpaired) electrons. The Morgan fingerprint density at radius 3 is 2.34 bits per heavy atom. The van der Waals surface area contributed by atoms with Gasteiger partial charge in [0.2, 0.25) is 0 Å². The lowest BCUT2D eigenvalue weighted by molar-refractivity contribution is 0.0520. The highest BCUT2D eigenvalue weighted by atomic mass is 32.2. The average molecular weight is 493 g/mol. The van der Waals surface area contributed by atoms with Crippen molar-refractivity contribution in [3.63, 3.8) is 0 Å². The van der Waals surface area contributed by atoms with Gasteiger partial charge in [0.25, 0.3) is 5.56 Å². The SMILES string of the molecule is CCOC(=O)c1c(O)c2ncc(Cc3ccccc3)cc2n(Cc2ccc(S(C)(=O)=O)cc2)c1=O. The molecule has 8 nitrogen and oxygen atoms in total.